The number of benzene rings is 2. The van der Waals surface area contributed by atoms with Crippen LogP contribution in [0.25, 0.3) is 0 Å². The van der Waals surface area contributed by atoms with Gasteiger partial charge in [-0.3, -0.25) is 4.79 Å². The molecule has 138 valence electrons. The first-order chi connectivity index (χ1) is 12.7. The second-order valence-electron chi connectivity index (χ2n) is 6.69. The molecule has 2 aromatic carbocycles. The topological polar surface area (TPSA) is 52.6 Å². The van der Waals surface area contributed by atoms with Crippen molar-refractivity contribution in [2.24, 2.45) is 5.92 Å². The highest BCUT2D eigenvalue weighted by molar-refractivity contribution is 7.99. The molecule has 0 bridgehead atoms. The predicted octanol–water partition coefficient (Wildman–Crippen LogP) is 3.34. The fraction of sp³-hybridized carbons (Fsp3) is 0.381. The van der Waals surface area contributed by atoms with E-state index in [1.165, 1.54) is 11.3 Å². The van der Waals surface area contributed by atoms with Gasteiger partial charge in [-0.25, -0.2) is 0 Å². The lowest BCUT2D eigenvalue weighted by atomic mass is 10.1. The Morgan fingerprint density at radius 2 is 2.00 bits per heavy atom. The first-order valence-electron chi connectivity index (χ1n) is 9.10. The Bertz CT molecular complexity index is 733. The van der Waals surface area contributed by atoms with Gasteiger partial charge in [0.2, 0.25) is 0 Å². The summed E-state index contributed by atoms with van der Waals surface area (Å²) in [6, 6.07) is 16.0. The van der Waals surface area contributed by atoms with Crippen LogP contribution in [-0.2, 0) is 0 Å². The predicted molar refractivity (Wildman–Crippen MR) is 108 cm³/mol. The minimum atomic E-state index is -0.0157. The largest absolute Gasteiger partial charge is 0.396 e. The number of nitrogens with zero attached hydrogens (tertiary/aromatic N) is 1. The number of hydrogen-bond acceptors (Lipinski definition) is 4. The van der Waals surface area contributed by atoms with Gasteiger partial charge >= 0.3 is 0 Å². The van der Waals surface area contributed by atoms with Crippen molar-refractivity contribution in [3.8, 4) is 0 Å². The van der Waals surface area contributed by atoms with Gasteiger partial charge in [-0.05, 0) is 55.2 Å². The van der Waals surface area contributed by atoms with E-state index in [9.17, 15) is 4.79 Å². The van der Waals surface area contributed by atoms with E-state index in [-0.39, 0.29) is 12.5 Å². The van der Waals surface area contributed by atoms with E-state index in [0.29, 0.717) is 23.8 Å². The molecule has 5 heteroatoms. The molecule has 4 nitrogen and oxygen atoms in total. The third kappa shape index (κ3) is 4.80. The van der Waals surface area contributed by atoms with Crippen molar-refractivity contribution in [1.29, 1.82) is 0 Å². The molecule has 1 aliphatic rings. The molecular formula is C21H26N2O2S. The lowest BCUT2D eigenvalue weighted by Crippen LogP contribution is -2.31. The first-order valence-corrected chi connectivity index (χ1v) is 10.1. The molecule has 0 radical (unpaired) electrons. The van der Waals surface area contributed by atoms with Crippen molar-refractivity contribution in [3.63, 3.8) is 0 Å². The number of para-hydroxylation sites is 1. The average molecular weight is 371 g/mol. The third-order valence-corrected chi connectivity index (χ3v) is 5.76. The highest BCUT2D eigenvalue weighted by Gasteiger charge is 2.24. The van der Waals surface area contributed by atoms with E-state index >= 15 is 0 Å². The van der Waals surface area contributed by atoms with E-state index in [1.54, 1.807) is 11.8 Å². The number of carbonyl (C=O) groups excluding carboxylic acids is 1. The first kappa shape index (κ1) is 18.8. The molecule has 1 fully saturated rings. The highest BCUT2D eigenvalue weighted by Crippen LogP contribution is 2.26. The smallest absolute Gasteiger partial charge is 0.251 e. The Morgan fingerprint density at radius 1 is 1.23 bits per heavy atom. The lowest BCUT2D eigenvalue weighted by Gasteiger charge is -2.21. The summed E-state index contributed by atoms with van der Waals surface area (Å²) in [4.78, 5) is 15.8. The van der Waals surface area contributed by atoms with Crippen molar-refractivity contribution < 1.29 is 9.90 Å². The molecule has 0 unspecified atom stereocenters. The number of hydrogen-bond donors (Lipinski definition) is 2. The molecule has 1 amide bonds. The number of aliphatic hydroxyl groups is 1. The zero-order valence-corrected chi connectivity index (χ0v) is 16.0. The molecule has 3 rings (SSSR count). The van der Waals surface area contributed by atoms with Crippen molar-refractivity contribution in [2.45, 2.75) is 18.2 Å². The van der Waals surface area contributed by atoms with E-state index < -0.39 is 0 Å². The van der Waals surface area contributed by atoms with Crippen molar-refractivity contribution in [3.05, 3.63) is 59.7 Å². The third-order valence-electron chi connectivity index (χ3n) is 4.77. The van der Waals surface area contributed by atoms with Crippen LogP contribution < -0.4 is 10.2 Å². The van der Waals surface area contributed by atoms with Gasteiger partial charge in [-0.1, -0.05) is 18.2 Å². The monoisotopic (exact) mass is 370 g/mol. The Kier molecular flexibility index (Phi) is 6.58. The number of carbonyl (C=O) groups is 1. The van der Waals surface area contributed by atoms with Crippen LogP contribution in [0.1, 0.15) is 22.3 Å². The van der Waals surface area contributed by atoms with Crippen LogP contribution in [0, 0.1) is 12.8 Å². The minimum Gasteiger partial charge on any atom is -0.396 e. The molecule has 2 N–H and O–H groups in total. The molecular weight excluding hydrogens is 344 g/mol. The van der Waals surface area contributed by atoms with Crippen LogP contribution >= 0.6 is 11.8 Å². The Balaban J connectivity index is 1.48. The quantitative estimate of drug-likeness (QED) is 0.734. The van der Waals surface area contributed by atoms with E-state index in [0.717, 1.165) is 24.4 Å². The average Bonchev–Trinajstić information content (AvgIpc) is 3.14. The summed E-state index contributed by atoms with van der Waals surface area (Å²) in [6.07, 6.45) is 1.10. The second-order valence-corrected chi connectivity index (χ2v) is 7.86. The number of thioether (sulfide) groups is 1. The molecule has 1 atom stereocenters. The summed E-state index contributed by atoms with van der Waals surface area (Å²) < 4.78 is 0. The van der Waals surface area contributed by atoms with Gasteiger partial charge in [0, 0.05) is 41.5 Å². The molecule has 0 saturated carbocycles. The number of rotatable bonds is 7. The van der Waals surface area contributed by atoms with Crippen molar-refractivity contribution in [1.82, 2.24) is 5.32 Å². The van der Waals surface area contributed by atoms with Gasteiger partial charge in [0.1, 0.15) is 0 Å². The second kappa shape index (κ2) is 9.10. The number of aryl methyl sites for hydroxylation is 1. The van der Waals surface area contributed by atoms with E-state index in [1.807, 2.05) is 24.3 Å². The number of aliphatic hydroxyl groups excluding tert-OH is 1. The number of amides is 1. The maximum absolute atomic E-state index is 12.4. The number of anilines is 1. The zero-order valence-electron chi connectivity index (χ0n) is 15.1. The summed E-state index contributed by atoms with van der Waals surface area (Å²) in [5.74, 6) is 1.14. The van der Waals surface area contributed by atoms with Gasteiger partial charge in [0.15, 0.2) is 0 Å². The lowest BCUT2D eigenvalue weighted by molar-refractivity contribution is 0.0948. The van der Waals surface area contributed by atoms with Crippen molar-refractivity contribution in [2.75, 3.05) is 36.9 Å². The van der Waals surface area contributed by atoms with Gasteiger partial charge < -0.3 is 15.3 Å². The van der Waals surface area contributed by atoms with Gasteiger partial charge in [0.05, 0.1) is 6.61 Å². The Morgan fingerprint density at radius 3 is 2.73 bits per heavy atom. The normalized spacial score (nSPS) is 16.7. The summed E-state index contributed by atoms with van der Waals surface area (Å²) in [5, 5.41) is 11.9. The van der Waals surface area contributed by atoms with Crippen molar-refractivity contribution >= 4 is 23.4 Å². The number of nitrogens with one attached hydrogen (secondary N) is 1. The van der Waals surface area contributed by atoms with Crippen LogP contribution in [-0.4, -0.2) is 43.0 Å². The Hall–Kier alpha value is -1.98. The van der Waals surface area contributed by atoms with Gasteiger partial charge in [-0.15, -0.1) is 11.8 Å². The van der Waals surface area contributed by atoms with Crippen LogP contribution in [0.2, 0.25) is 0 Å². The summed E-state index contributed by atoms with van der Waals surface area (Å²) in [7, 11) is 0. The molecule has 26 heavy (non-hydrogen) atoms. The van der Waals surface area contributed by atoms with E-state index in [2.05, 4.69) is 41.4 Å². The highest BCUT2D eigenvalue weighted by atomic mass is 32.2. The molecule has 1 aliphatic heterocycles. The Labute approximate surface area is 159 Å². The molecule has 0 aliphatic carbocycles. The van der Waals surface area contributed by atoms with Gasteiger partial charge in [-0.2, -0.15) is 0 Å². The molecule has 1 heterocycles. The maximum Gasteiger partial charge on any atom is 0.251 e. The summed E-state index contributed by atoms with van der Waals surface area (Å²) in [6.45, 7) is 5.05. The summed E-state index contributed by atoms with van der Waals surface area (Å²) >= 11 is 1.59. The van der Waals surface area contributed by atoms with Gasteiger partial charge in [0.25, 0.3) is 5.91 Å². The minimum absolute atomic E-state index is 0.0157. The molecule has 0 aromatic heterocycles. The standard InChI is InChI=1S/C21H26N2O2S/c1-16-4-2-3-5-20(16)23-11-10-17(15-23)14-22-21(25)18-6-8-19(9-7-18)26-13-12-24/h2-9,17,24H,10-15H2,1H3,(H,22,25)/t17-/m0/s1. The SMILES string of the molecule is Cc1ccccc1N1CC[C@@H](CNC(=O)c2ccc(SCCO)cc2)C1. The molecule has 1 saturated heterocycles. The maximum atomic E-state index is 12.4. The van der Waals surface area contributed by atoms with Crippen LogP contribution in [0.15, 0.2) is 53.4 Å². The zero-order chi connectivity index (χ0) is 18.4. The van der Waals surface area contributed by atoms with E-state index in [4.69, 9.17) is 5.11 Å². The molecule has 2 aromatic rings. The summed E-state index contributed by atoms with van der Waals surface area (Å²) in [5.41, 5.74) is 3.29. The van der Waals surface area contributed by atoms with Crippen LogP contribution in [0.5, 0.6) is 0 Å². The van der Waals surface area contributed by atoms with Crippen LogP contribution in [0.3, 0.4) is 0 Å². The van der Waals surface area contributed by atoms with Crippen LogP contribution in [0.4, 0.5) is 5.69 Å². The fourth-order valence-electron chi connectivity index (χ4n) is 3.34. The fourth-order valence-corrected chi connectivity index (χ4v) is 4.00. The molecule has 0 spiro atoms.